The van der Waals surface area contributed by atoms with Gasteiger partial charge in [0.2, 0.25) is 15.9 Å². The maximum absolute atomic E-state index is 12.0. The Labute approximate surface area is 146 Å². The van der Waals surface area contributed by atoms with Crippen molar-refractivity contribution in [1.82, 2.24) is 5.32 Å². The molecule has 0 radical (unpaired) electrons. The van der Waals surface area contributed by atoms with Gasteiger partial charge in [-0.3, -0.25) is 4.79 Å². The summed E-state index contributed by atoms with van der Waals surface area (Å²) in [6.45, 7) is 1.85. The summed E-state index contributed by atoms with van der Waals surface area (Å²) in [4.78, 5) is 12.1. The number of hydrogen-bond donors (Lipinski definition) is 2. The Morgan fingerprint density at radius 2 is 1.75 bits per heavy atom. The summed E-state index contributed by atoms with van der Waals surface area (Å²) >= 11 is 1.55. The van der Waals surface area contributed by atoms with Gasteiger partial charge in [0.25, 0.3) is 0 Å². The van der Waals surface area contributed by atoms with Crippen LogP contribution in [0.4, 0.5) is 0 Å². The molecule has 2 rings (SSSR count). The fourth-order valence-corrected chi connectivity index (χ4v) is 3.46. The third kappa shape index (κ3) is 5.67. The topological polar surface area (TPSA) is 89.3 Å². The van der Waals surface area contributed by atoms with Gasteiger partial charge in [-0.25, -0.2) is 13.6 Å². The molecule has 0 unspecified atom stereocenters. The molecule has 0 aliphatic heterocycles. The van der Waals surface area contributed by atoms with Gasteiger partial charge in [0.1, 0.15) is 0 Å². The largest absolute Gasteiger partial charge is 0.349 e. The lowest BCUT2D eigenvalue weighted by Gasteiger charge is -2.14. The van der Waals surface area contributed by atoms with Crippen LogP contribution in [0.15, 0.2) is 59.5 Å². The molecule has 1 atom stereocenters. The predicted octanol–water partition coefficient (Wildman–Crippen LogP) is 2.44. The summed E-state index contributed by atoms with van der Waals surface area (Å²) in [7, 11) is -3.70. The van der Waals surface area contributed by atoms with Crippen LogP contribution in [-0.2, 0) is 20.6 Å². The monoisotopic (exact) mass is 364 g/mol. The van der Waals surface area contributed by atoms with Gasteiger partial charge < -0.3 is 5.32 Å². The van der Waals surface area contributed by atoms with Crippen LogP contribution in [0.3, 0.4) is 0 Å². The van der Waals surface area contributed by atoms with Crippen LogP contribution in [-0.4, -0.2) is 20.1 Å². The fraction of sp³-hybridized carbons (Fsp3) is 0.235. The first-order valence-corrected chi connectivity index (χ1v) is 10.1. The second-order valence-electron chi connectivity index (χ2n) is 5.38. The van der Waals surface area contributed by atoms with E-state index in [2.05, 4.69) is 5.32 Å². The Bertz CT molecular complexity index is 775. The maximum atomic E-state index is 12.0. The van der Waals surface area contributed by atoms with Gasteiger partial charge in [-0.05, 0) is 30.2 Å². The van der Waals surface area contributed by atoms with E-state index in [9.17, 15) is 13.2 Å². The summed E-state index contributed by atoms with van der Waals surface area (Å²) in [5.74, 6) is 1.10. The summed E-state index contributed by atoms with van der Waals surface area (Å²) in [5, 5.41) is 7.97. The van der Waals surface area contributed by atoms with Crippen molar-refractivity contribution in [3.63, 3.8) is 0 Å². The number of rotatable bonds is 7. The van der Waals surface area contributed by atoms with Crippen molar-refractivity contribution in [2.24, 2.45) is 5.14 Å². The number of nitrogens with two attached hydrogens (primary N) is 1. The SMILES string of the molecule is C[C@H](NC(=O)CSCc1ccccc1)c1ccc(S(N)(=O)=O)cc1. The van der Waals surface area contributed by atoms with Gasteiger partial charge in [-0.2, -0.15) is 0 Å². The first kappa shape index (κ1) is 18.5. The second-order valence-corrected chi connectivity index (χ2v) is 7.93. The number of primary sulfonamides is 1. The van der Waals surface area contributed by atoms with Gasteiger partial charge >= 0.3 is 0 Å². The Balaban J connectivity index is 1.83. The van der Waals surface area contributed by atoms with Crippen molar-refractivity contribution in [2.45, 2.75) is 23.6 Å². The van der Waals surface area contributed by atoms with Crippen molar-refractivity contribution < 1.29 is 13.2 Å². The number of carbonyl (C=O) groups excluding carboxylic acids is 1. The van der Waals surface area contributed by atoms with Gasteiger partial charge in [-0.1, -0.05) is 42.5 Å². The number of sulfonamides is 1. The molecule has 0 bridgehead atoms. The summed E-state index contributed by atoms with van der Waals surface area (Å²) < 4.78 is 22.5. The molecule has 24 heavy (non-hydrogen) atoms. The van der Waals surface area contributed by atoms with Crippen molar-refractivity contribution in [3.8, 4) is 0 Å². The molecule has 0 spiro atoms. The normalized spacial score (nSPS) is 12.6. The molecule has 1 amide bonds. The average molecular weight is 364 g/mol. The van der Waals surface area contributed by atoms with E-state index in [0.717, 1.165) is 11.3 Å². The fourth-order valence-electron chi connectivity index (χ4n) is 2.15. The number of thioether (sulfide) groups is 1. The second kappa shape index (κ2) is 8.32. The van der Waals surface area contributed by atoms with Crippen molar-refractivity contribution >= 4 is 27.7 Å². The minimum atomic E-state index is -3.70. The molecule has 0 saturated carbocycles. The van der Waals surface area contributed by atoms with Crippen LogP contribution in [0.25, 0.3) is 0 Å². The molecule has 2 aromatic carbocycles. The van der Waals surface area contributed by atoms with E-state index >= 15 is 0 Å². The van der Waals surface area contributed by atoms with Crippen LogP contribution < -0.4 is 10.5 Å². The van der Waals surface area contributed by atoms with Crippen LogP contribution in [0.1, 0.15) is 24.1 Å². The molecule has 0 aliphatic carbocycles. The molecular formula is C17H20N2O3S2. The Morgan fingerprint density at radius 1 is 1.12 bits per heavy atom. The first-order valence-electron chi connectivity index (χ1n) is 7.40. The number of nitrogens with one attached hydrogen (secondary N) is 1. The average Bonchev–Trinajstić information content (AvgIpc) is 2.55. The molecule has 0 aliphatic rings. The molecule has 128 valence electrons. The highest BCUT2D eigenvalue weighted by Crippen LogP contribution is 2.16. The van der Waals surface area contributed by atoms with Crippen LogP contribution in [0, 0.1) is 0 Å². The quantitative estimate of drug-likeness (QED) is 0.790. The number of carbonyl (C=O) groups is 1. The molecule has 0 heterocycles. The highest BCUT2D eigenvalue weighted by atomic mass is 32.2. The first-order chi connectivity index (χ1) is 11.4. The summed E-state index contributed by atoms with van der Waals surface area (Å²) in [6.07, 6.45) is 0. The Morgan fingerprint density at radius 3 is 2.33 bits per heavy atom. The lowest BCUT2D eigenvalue weighted by molar-refractivity contribution is -0.119. The molecule has 5 nitrogen and oxygen atoms in total. The van der Waals surface area contributed by atoms with Gasteiger partial charge in [0.05, 0.1) is 16.7 Å². The van der Waals surface area contributed by atoms with E-state index in [-0.39, 0.29) is 16.8 Å². The van der Waals surface area contributed by atoms with Crippen molar-refractivity contribution in [2.75, 3.05) is 5.75 Å². The van der Waals surface area contributed by atoms with Crippen LogP contribution in [0.5, 0.6) is 0 Å². The molecule has 3 N–H and O–H groups in total. The van der Waals surface area contributed by atoms with Crippen molar-refractivity contribution in [1.29, 1.82) is 0 Å². The predicted molar refractivity (Wildman–Crippen MR) is 97.0 cm³/mol. The number of amides is 1. The Hall–Kier alpha value is -1.83. The molecule has 2 aromatic rings. The molecule has 7 heteroatoms. The van der Waals surface area contributed by atoms with E-state index in [1.165, 1.54) is 17.7 Å². The van der Waals surface area contributed by atoms with E-state index in [1.807, 2.05) is 37.3 Å². The van der Waals surface area contributed by atoms with E-state index < -0.39 is 10.0 Å². The zero-order valence-corrected chi connectivity index (χ0v) is 14.9. The molecular weight excluding hydrogens is 344 g/mol. The third-order valence-electron chi connectivity index (χ3n) is 3.43. The van der Waals surface area contributed by atoms with Gasteiger partial charge in [0, 0.05) is 5.75 Å². The third-order valence-corrected chi connectivity index (χ3v) is 5.36. The zero-order valence-electron chi connectivity index (χ0n) is 13.3. The van der Waals surface area contributed by atoms with Crippen molar-refractivity contribution in [3.05, 3.63) is 65.7 Å². The van der Waals surface area contributed by atoms with Crippen LogP contribution in [0.2, 0.25) is 0 Å². The van der Waals surface area contributed by atoms with Crippen LogP contribution >= 0.6 is 11.8 Å². The van der Waals surface area contributed by atoms with E-state index in [0.29, 0.717) is 5.75 Å². The standard InChI is InChI=1S/C17H20N2O3S2/c1-13(15-7-9-16(10-8-15)24(18,21)22)19-17(20)12-23-11-14-5-3-2-4-6-14/h2-10,13H,11-12H2,1H3,(H,19,20)(H2,18,21,22)/t13-/m0/s1. The molecule has 0 aromatic heterocycles. The van der Waals surface area contributed by atoms with Gasteiger partial charge in [0.15, 0.2) is 0 Å². The highest BCUT2D eigenvalue weighted by Gasteiger charge is 2.12. The molecule has 0 saturated heterocycles. The lowest BCUT2D eigenvalue weighted by Crippen LogP contribution is -2.28. The summed E-state index contributed by atoms with van der Waals surface area (Å²) in [5.41, 5.74) is 2.01. The minimum absolute atomic E-state index is 0.0565. The Kier molecular flexibility index (Phi) is 6.42. The maximum Gasteiger partial charge on any atom is 0.238 e. The number of hydrogen-bond acceptors (Lipinski definition) is 4. The smallest absolute Gasteiger partial charge is 0.238 e. The van der Waals surface area contributed by atoms with Gasteiger partial charge in [-0.15, -0.1) is 11.8 Å². The lowest BCUT2D eigenvalue weighted by atomic mass is 10.1. The zero-order chi connectivity index (χ0) is 17.6. The summed E-state index contributed by atoms with van der Waals surface area (Å²) in [6, 6.07) is 16.0. The molecule has 0 fully saturated rings. The number of benzene rings is 2. The highest BCUT2D eigenvalue weighted by molar-refractivity contribution is 7.99. The van der Waals surface area contributed by atoms with E-state index in [1.54, 1.807) is 23.9 Å². The minimum Gasteiger partial charge on any atom is -0.349 e. The van der Waals surface area contributed by atoms with E-state index in [4.69, 9.17) is 5.14 Å².